The maximum absolute atomic E-state index is 9.36. The number of benzene rings is 2. The molecule has 2 nitrogen and oxygen atoms in total. The first-order valence-electron chi connectivity index (χ1n) is 5.61. The lowest BCUT2D eigenvalue weighted by atomic mass is 9.75. The second-order valence-electron chi connectivity index (χ2n) is 4.34. The van der Waals surface area contributed by atoms with Crippen molar-refractivity contribution in [1.82, 2.24) is 0 Å². The Kier molecular flexibility index (Phi) is 3.32. The number of hydrogen-bond donors (Lipinski definition) is 2. The van der Waals surface area contributed by atoms with Gasteiger partial charge in [0.25, 0.3) is 0 Å². The summed E-state index contributed by atoms with van der Waals surface area (Å²) in [6, 6.07) is 13.5. The van der Waals surface area contributed by atoms with Gasteiger partial charge >= 0.3 is 7.12 Å². The van der Waals surface area contributed by atoms with E-state index in [1.807, 2.05) is 38.1 Å². The first kappa shape index (κ1) is 11.9. The lowest BCUT2D eigenvalue weighted by Gasteiger charge is -2.10. The molecule has 0 unspecified atom stereocenters. The maximum atomic E-state index is 9.36. The van der Waals surface area contributed by atoms with Crippen LogP contribution in [0.3, 0.4) is 0 Å². The Morgan fingerprint density at radius 2 is 1.47 bits per heavy atom. The molecule has 0 heterocycles. The highest BCUT2D eigenvalue weighted by Crippen LogP contribution is 2.20. The summed E-state index contributed by atoms with van der Waals surface area (Å²) < 4.78 is 0. The molecule has 0 aliphatic rings. The SMILES string of the molecule is Cc1cc(C)cc(-c2ccccc2B(O)O)c1. The minimum atomic E-state index is -1.44. The quantitative estimate of drug-likeness (QED) is 0.764. The van der Waals surface area contributed by atoms with Gasteiger partial charge in [-0.15, -0.1) is 0 Å². The van der Waals surface area contributed by atoms with E-state index in [4.69, 9.17) is 0 Å². The van der Waals surface area contributed by atoms with Crippen molar-refractivity contribution in [2.45, 2.75) is 13.8 Å². The smallest absolute Gasteiger partial charge is 0.423 e. The van der Waals surface area contributed by atoms with Crippen molar-refractivity contribution in [2.24, 2.45) is 0 Å². The number of aryl methyl sites for hydroxylation is 2. The van der Waals surface area contributed by atoms with Crippen LogP contribution in [0.25, 0.3) is 11.1 Å². The Labute approximate surface area is 102 Å². The van der Waals surface area contributed by atoms with Crippen molar-refractivity contribution in [3.63, 3.8) is 0 Å². The number of rotatable bonds is 2. The zero-order valence-electron chi connectivity index (χ0n) is 10.0. The summed E-state index contributed by atoms with van der Waals surface area (Å²) in [5.41, 5.74) is 4.77. The highest BCUT2D eigenvalue weighted by atomic mass is 16.4. The van der Waals surface area contributed by atoms with Gasteiger partial charge in [0.1, 0.15) is 0 Å². The van der Waals surface area contributed by atoms with E-state index in [1.54, 1.807) is 12.1 Å². The fourth-order valence-corrected chi connectivity index (χ4v) is 2.12. The molecule has 0 fully saturated rings. The Balaban J connectivity index is 2.60. The third-order valence-electron chi connectivity index (χ3n) is 2.77. The standard InChI is InChI=1S/C14H15BO2/c1-10-7-11(2)9-12(8-10)13-5-3-4-6-14(13)15(16)17/h3-9,16-17H,1-2H3. The van der Waals surface area contributed by atoms with Gasteiger partial charge in [-0.2, -0.15) is 0 Å². The van der Waals surface area contributed by atoms with Crippen molar-refractivity contribution < 1.29 is 10.0 Å². The molecular formula is C14H15BO2. The van der Waals surface area contributed by atoms with E-state index in [0.29, 0.717) is 5.46 Å². The summed E-state index contributed by atoms with van der Waals surface area (Å²) in [5, 5.41) is 18.7. The Hall–Kier alpha value is -1.58. The Bertz CT molecular complexity index is 515. The molecule has 0 radical (unpaired) electrons. The average Bonchev–Trinajstić information content (AvgIpc) is 2.27. The monoisotopic (exact) mass is 226 g/mol. The van der Waals surface area contributed by atoms with E-state index in [1.165, 1.54) is 11.1 Å². The maximum Gasteiger partial charge on any atom is 0.489 e. The molecule has 2 aromatic rings. The van der Waals surface area contributed by atoms with Gasteiger partial charge in [0, 0.05) is 0 Å². The van der Waals surface area contributed by atoms with Crippen molar-refractivity contribution in [2.75, 3.05) is 0 Å². The lowest BCUT2D eigenvalue weighted by molar-refractivity contribution is 0.426. The molecule has 2 rings (SSSR count). The molecule has 0 aliphatic heterocycles. The van der Waals surface area contributed by atoms with Crippen LogP contribution < -0.4 is 5.46 Å². The van der Waals surface area contributed by atoms with Crippen LogP contribution in [-0.4, -0.2) is 17.2 Å². The fraction of sp³-hybridized carbons (Fsp3) is 0.143. The van der Waals surface area contributed by atoms with E-state index in [0.717, 1.165) is 11.1 Å². The summed E-state index contributed by atoms with van der Waals surface area (Å²) in [6.07, 6.45) is 0. The van der Waals surface area contributed by atoms with Crippen LogP contribution in [0.2, 0.25) is 0 Å². The summed E-state index contributed by atoms with van der Waals surface area (Å²) in [6.45, 7) is 4.07. The summed E-state index contributed by atoms with van der Waals surface area (Å²) in [5.74, 6) is 0. The molecule has 0 saturated heterocycles. The molecule has 0 aliphatic carbocycles. The second kappa shape index (κ2) is 4.74. The average molecular weight is 226 g/mol. The van der Waals surface area contributed by atoms with E-state index >= 15 is 0 Å². The molecule has 17 heavy (non-hydrogen) atoms. The largest absolute Gasteiger partial charge is 0.489 e. The molecule has 3 heteroatoms. The van der Waals surface area contributed by atoms with E-state index < -0.39 is 7.12 Å². The summed E-state index contributed by atoms with van der Waals surface area (Å²) in [7, 11) is -1.44. The molecule has 0 aromatic heterocycles. The molecule has 0 atom stereocenters. The normalized spacial score (nSPS) is 10.4. The van der Waals surface area contributed by atoms with Gasteiger partial charge in [0.05, 0.1) is 0 Å². The second-order valence-corrected chi connectivity index (χ2v) is 4.34. The predicted molar refractivity (Wildman–Crippen MR) is 71.2 cm³/mol. The van der Waals surface area contributed by atoms with Crippen LogP contribution in [0, 0.1) is 13.8 Å². The molecule has 86 valence electrons. The van der Waals surface area contributed by atoms with E-state index in [-0.39, 0.29) is 0 Å². The lowest BCUT2D eigenvalue weighted by Crippen LogP contribution is -2.31. The highest BCUT2D eigenvalue weighted by Gasteiger charge is 2.16. The molecule has 0 amide bonds. The van der Waals surface area contributed by atoms with Crippen LogP contribution in [0.15, 0.2) is 42.5 Å². The molecule has 2 aromatic carbocycles. The third-order valence-corrected chi connectivity index (χ3v) is 2.77. The van der Waals surface area contributed by atoms with Gasteiger partial charge in [0.2, 0.25) is 0 Å². The summed E-state index contributed by atoms with van der Waals surface area (Å²) >= 11 is 0. The van der Waals surface area contributed by atoms with Crippen molar-refractivity contribution in [3.05, 3.63) is 53.6 Å². The van der Waals surface area contributed by atoms with Gasteiger partial charge in [-0.1, -0.05) is 53.6 Å². The minimum absolute atomic E-state index is 0.539. The molecule has 0 bridgehead atoms. The topological polar surface area (TPSA) is 40.5 Å². The molecule has 2 N–H and O–H groups in total. The zero-order valence-corrected chi connectivity index (χ0v) is 10.0. The van der Waals surface area contributed by atoms with Crippen molar-refractivity contribution >= 4 is 12.6 Å². The molecule has 0 saturated carbocycles. The van der Waals surface area contributed by atoms with Gasteiger partial charge in [-0.05, 0) is 30.4 Å². The van der Waals surface area contributed by atoms with Crippen LogP contribution in [0.4, 0.5) is 0 Å². The Morgan fingerprint density at radius 1 is 0.882 bits per heavy atom. The van der Waals surface area contributed by atoms with Gasteiger partial charge in [-0.25, -0.2) is 0 Å². The van der Waals surface area contributed by atoms with Crippen LogP contribution >= 0.6 is 0 Å². The van der Waals surface area contributed by atoms with E-state index in [9.17, 15) is 10.0 Å². The number of hydrogen-bond acceptors (Lipinski definition) is 2. The van der Waals surface area contributed by atoms with Crippen LogP contribution in [-0.2, 0) is 0 Å². The zero-order chi connectivity index (χ0) is 12.4. The Morgan fingerprint density at radius 3 is 2.06 bits per heavy atom. The van der Waals surface area contributed by atoms with Crippen LogP contribution in [0.1, 0.15) is 11.1 Å². The molecular weight excluding hydrogens is 211 g/mol. The highest BCUT2D eigenvalue weighted by molar-refractivity contribution is 6.60. The first-order valence-corrected chi connectivity index (χ1v) is 5.61. The van der Waals surface area contributed by atoms with Crippen molar-refractivity contribution in [3.8, 4) is 11.1 Å². The predicted octanol–water partition coefficient (Wildman–Crippen LogP) is 1.65. The fourth-order valence-electron chi connectivity index (χ4n) is 2.12. The van der Waals surface area contributed by atoms with Gasteiger partial charge in [0.15, 0.2) is 0 Å². The third kappa shape index (κ3) is 2.57. The first-order chi connectivity index (χ1) is 8.08. The van der Waals surface area contributed by atoms with Gasteiger partial charge < -0.3 is 10.0 Å². The van der Waals surface area contributed by atoms with Gasteiger partial charge in [-0.3, -0.25) is 0 Å². The minimum Gasteiger partial charge on any atom is -0.423 e. The van der Waals surface area contributed by atoms with E-state index in [2.05, 4.69) is 6.07 Å². The molecule has 0 spiro atoms. The van der Waals surface area contributed by atoms with Crippen molar-refractivity contribution in [1.29, 1.82) is 0 Å². The summed E-state index contributed by atoms with van der Waals surface area (Å²) in [4.78, 5) is 0. The van der Waals surface area contributed by atoms with Crippen LogP contribution in [0.5, 0.6) is 0 Å².